The van der Waals surface area contributed by atoms with Gasteiger partial charge in [-0.05, 0) is 49.1 Å². The van der Waals surface area contributed by atoms with Crippen LogP contribution in [0.2, 0.25) is 0 Å². The maximum absolute atomic E-state index is 13.5. The Labute approximate surface area is 178 Å². The molecule has 2 aromatic rings. The summed E-state index contributed by atoms with van der Waals surface area (Å²) in [7, 11) is 1.61. The highest BCUT2D eigenvalue weighted by atomic mass is 16.5. The predicted molar refractivity (Wildman–Crippen MR) is 115 cm³/mol. The van der Waals surface area contributed by atoms with Crippen molar-refractivity contribution >= 4 is 11.8 Å². The number of rotatable bonds is 9. The molecule has 1 unspecified atom stereocenters. The number of hydrogen-bond donors (Lipinski definition) is 1. The predicted octanol–water partition coefficient (Wildman–Crippen LogP) is 4.61. The maximum Gasteiger partial charge on any atom is 0.247 e. The number of hydrogen-bond acceptors (Lipinski definition) is 4. The molecule has 0 saturated heterocycles. The molecule has 30 heavy (non-hydrogen) atoms. The van der Waals surface area contributed by atoms with Gasteiger partial charge < -0.3 is 19.4 Å². The molecule has 1 aromatic carbocycles. The number of nitrogens with zero attached hydrogens (tertiary/aromatic N) is 1. The second kappa shape index (κ2) is 10.9. The van der Waals surface area contributed by atoms with E-state index in [0.717, 1.165) is 31.2 Å². The lowest BCUT2D eigenvalue weighted by molar-refractivity contribution is -0.142. The van der Waals surface area contributed by atoms with Gasteiger partial charge in [0.15, 0.2) is 0 Å². The molecular weight excluding hydrogens is 380 g/mol. The van der Waals surface area contributed by atoms with E-state index < -0.39 is 6.04 Å². The van der Waals surface area contributed by atoms with Crippen LogP contribution in [-0.4, -0.2) is 29.9 Å². The molecule has 1 N–H and O–H groups in total. The van der Waals surface area contributed by atoms with E-state index in [2.05, 4.69) is 5.32 Å². The Hall–Kier alpha value is -2.76. The highest BCUT2D eigenvalue weighted by Crippen LogP contribution is 2.28. The standard InChI is InChI=1S/C24H32N2O4/c1-3-8-22(27)26(17-21-11-7-16-30-21)23(18-12-14-20(29-2)15-13-18)24(28)25-19-9-5-4-6-10-19/h7,11-16,19,23H,3-6,8-10,17H2,1-2H3,(H,25,28). The minimum atomic E-state index is -0.720. The fraction of sp³-hybridized carbons (Fsp3) is 0.500. The number of carbonyl (C=O) groups is 2. The Kier molecular flexibility index (Phi) is 7.94. The molecule has 162 valence electrons. The second-order valence-corrected chi connectivity index (χ2v) is 7.87. The van der Waals surface area contributed by atoms with Gasteiger partial charge in [0.2, 0.25) is 11.8 Å². The van der Waals surface area contributed by atoms with Gasteiger partial charge in [-0.1, -0.05) is 38.3 Å². The van der Waals surface area contributed by atoms with E-state index in [1.807, 2.05) is 37.3 Å². The van der Waals surface area contributed by atoms with Crippen LogP contribution in [0.5, 0.6) is 5.75 Å². The normalized spacial score (nSPS) is 15.4. The second-order valence-electron chi connectivity index (χ2n) is 7.87. The number of methoxy groups -OCH3 is 1. The molecule has 1 atom stereocenters. The van der Waals surface area contributed by atoms with Crippen LogP contribution in [-0.2, 0) is 16.1 Å². The molecule has 0 spiro atoms. The SMILES string of the molecule is CCCC(=O)N(Cc1ccco1)C(C(=O)NC1CCCCC1)c1ccc(OC)cc1. The Morgan fingerprint density at radius 2 is 1.90 bits per heavy atom. The summed E-state index contributed by atoms with van der Waals surface area (Å²) in [5.74, 6) is 1.17. The molecule has 1 aromatic heterocycles. The van der Waals surface area contributed by atoms with Crippen molar-refractivity contribution in [2.24, 2.45) is 0 Å². The summed E-state index contributed by atoms with van der Waals surface area (Å²) in [4.78, 5) is 28.2. The van der Waals surface area contributed by atoms with E-state index in [0.29, 0.717) is 24.4 Å². The van der Waals surface area contributed by atoms with Crippen molar-refractivity contribution in [2.45, 2.75) is 70.5 Å². The lowest BCUT2D eigenvalue weighted by Gasteiger charge is -2.33. The van der Waals surface area contributed by atoms with Gasteiger partial charge in [0.1, 0.15) is 17.6 Å². The van der Waals surface area contributed by atoms with Crippen molar-refractivity contribution in [3.8, 4) is 5.75 Å². The molecule has 0 aliphatic heterocycles. The number of furan rings is 1. The van der Waals surface area contributed by atoms with Crippen molar-refractivity contribution < 1.29 is 18.7 Å². The van der Waals surface area contributed by atoms with Gasteiger partial charge >= 0.3 is 0 Å². The zero-order chi connectivity index (χ0) is 21.3. The van der Waals surface area contributed by atoms with Crippen molar-refractivity contribution in [2.75, 3.05) is 7.11 Å². The van der Waals surface area contributed by atoms with E-state index in [1.165, 1.54) is 6.42 Å². The van der Waals surface area contributed by atoms with E-state index in [1.54, 1.807) is 24.3 Å². The lowest BCUT2D eigenvalue weighted by Crippen LogP contribution is -2.46. The molecule has 1 heterocycles. The maximum atomic E-state index is 13.5. The average Bonchev–Trinajstić information content (AvgIpc) is 3.28. The monoisotopic (exact) mass is 412 g/mol. The van der Waals surface area contributed by atoms with Gasteiger partial charge in [0.05, 0.1) is 19.9 Å². The highest BCUT2D eigenvalue weighted by Gasteiger charge is 2.33. The van der Waals surface area contributed by atoms with Crippen molar-refractivity contribution in [3.05, 3.63) is 54.0 Å². The summed E-state index contributed by atoms with van der Waals surface area (Å²) < 4.78 is 10.8. The van der Waals surface area contributed by atoms with Crippen LogP contribution in [0.3, 0.4) is 0 Å². The summed E-state index contributed by atoms with van der Waals surface area (Å²) in [5.41, 5.74) is 0.764. The molecule has 1 saturated carbocycles. The quantitative estimate of drug-likeness (QED) is 0.653. The fourth-order valence-corrected chi connectivity index (χ4v) is 4.04. The first-order valence-corrected chi connectivity index (χ1v) is 10.9. The average molecular weight is 413 g/mol. The molecule has 2 amide bonds. The minimum Gasteiger partial charge on any atom is -0.497 e. The first-order valence-electron chi connectivity index (χ1n) is 10.9. The molecule has 1 aliphatic carbocycles. The number of amides is 2. The van der Waals surface area contributed by atoms with Gasteiger partial charge in [0, 0.05) is 12.5 Å². The summed E-state index contributed by atoms with van der Waals surface area (Å²) in [6, 6.07) is 10.4. The van der Waals surface area contributed by atoms with Crippen LogP contribution < -0.4 is 10.1 Å². The summed E-state index contributed by atoms with van der Waals surface area (Å²) >= 11 is 0. The summed E-state index contributed by atoms with van der Waals surface area (Å²) in [6.45, 7) is 2.22. The molecule has 0 bridgehead atoms. The number of benzene rings is 1. The van der Waals surface area contributed by atoms with Gasteiger partial charge in [-0.2, -0.15) is 0 Å². The molecule has 6 heteroatoms. The molecule has 6 nitrogen and oxygen atoms in total. The van der Waals surface area contributed by atoms with Crippen LogP contribution in [0.1, 0.15) is 69.2 Å². The Bertz CT molecular complexity index is 795. The van der Waals surface area contributed by atoms with Crippen LogP contribution in [0.4, 0.5) is 0 Å². The zero-order valence-electron chi connectivity index (χ0n) is 17.9. The van der Waals surface area contributed by atoms with E-state index >= 15 is 0 Å². The van der Waals surface area contributed by atoms with Crippen LogP contribution in [0.25, 0.3) is 0 Å². The number of nitrogens with one attached hydrogen (secondary N) is 1. The van der Waals surface area contributed by atoms with Crippen LogP contribution >= 0.6 is 0 Å². The van der Waals surface area contributed by atoms with Gasteiger partial charge in [-0.25, -0.2) is 0 Å². The Balaban J connectivity index is 1.92. The Morgan fingerprint density at radius 3 is 2.50 bits per heavy atom. The summed E-state index contributed by atoms with van der Waals surface area (Å²) in [6.07, 6.45) is 8.13. The van der Waals surface area contributed by atoms with Crippen molar-refractivity contribution in [1.29, 1.82) is 0 Å². The van der Waals surface area contributed by atoms with Gasteiger partial charge in [-0.15, -0.1) is 0 Å². The van der Waals surface area contributed by atoms with Crippen LogP contribution in [0, 0.1) is 0 Å². The molecule has 1 fully saturated rings. The summed E-state index contributed by atoms with van der Waals surface area (Å²) in [5, 5.41) is 3.21. The van der Waals surface area contributed by atoms with E-state index in [9.17, 15) is 9.59 Å². The van der Waals surface area contributed by atoms with Crippen molar-refractivity contribution in [3.63, 3.8) is 0 Å². The van der Waals surface area contributed by atoms with E-state index in [-0.39, 0.29) is 24.4 Å². The molecular formula is C24H32N2O4. The number of ether oxygens (including phenoxy) is 1. The van der Waals surface area contributed by atoms with E-state index in [4.69, 9.17) is 9.15 Å². The third-order valence-electron chi connectivity index (χ3n) is 5.63. The highest BCUT2D eigenvalue weighted by molar-refractivity contribution is 5.89. The van der Waals surface area contributed by atoms with Gasteiger partial charge in [0.25, 0.3) is 0 Å². The third-order valence-corrected chi connectivity index (χ3v) is 5.63. The first kappa shape index (κ1) is 21.9. The Morgan fingerprint density at radius 1 is 1.17 bits per heavy atom. The van der Waals surface area contributed by atoms with Crippen LogP contribution in [0.15, 0.2) is 47.1 Å². The van der Waals surface area contributed by atoms with Gasteiger partial charge in [-0.3, -0.25) is 9.59 Å². The molecule has 1 aliphatic rings. The zero-order valence-corrected chi connectivity index (χ0v) is 17.9. The molecule has 0 radical (unpaired) electrons. The first-order chi connectivity index (χ1) is 14.6. The van der Waals surface area contributed by atoms with Crippen molar-refractivity contribution in [1.82, 2.24) is 10.2 Å². The number of carbonyl (C=O) groups excluding carboxylic acids is 2. The third kappa shape index (κ3) is 5.65. The minimum absolute atomic E-state index is 0.0616. The largest absolute Gasteiger partial charge is 0.497 e. The lowest BCUT2D eigenvalue weighted by atomic mass is 9.94. The molecule has 3 rings (SSSR count). The smallest absolute Gasteiger partial charge is 0.247 e. The topological polar surface area (TPSA) is 71.8 Å². The fourth-order valence-electron chi connectivity index (χ4n) is 4.04.